The van der Waals surface area contributed by atoms with Crippen LogP contribution >= 0.6 is 0 Å². The molecule has 0 amide bonds. The molecule has 2 aliphatic heterocycles. The molecule has 2 saturated heterocycles. The third kappa shape index (κ3) is 6.24. The van der Waals surface area contributed by atoms with Gasteiger partial charge >= 0.3 is 12.3 Å². The molecule has 0 aromatic heterocycles. The molecule has 112 valence electrons. The van der Waals surface area contributed by atoms with Crippen molar-refractivity contribution in [2.75, 3.05) is 26.4 Å². The molecule has 2 aliphatic rings. The highest BCUT2D eigenvalue weighted by atomic mass is 16.8. The quantitative estimate of drug-likeness (QED) is 0.418. The first-order valence-electron chi connectivity index (χ1n) is 6.12. The number of ether oxygens (including phenoxy) is 5. The molecule has 0 spiro atoms. The first kappa shape index (κ1) is 16.0. The Hall–Kier alpha value is -2.02. The molecule has 7 heteroatoms. The lowest BCUT2D eigenvalue weighted by Crippen LogP contribution is -2.17. The number of cyclic esters (lactones) is 4. The SMILES string of the molecule is C=CCC1COC(=O)O1.C=CCOCC1COC(=O)O1. The Morgan fingerprint density at radius 2 is 1.65 bits per heavy atom. The van der Waals surface area contributed by atoms with Crippen molar-refractivity contribution < 1.29 is 33.3 Å². The molecular weight excluding hydrogens is 268 g/mol. The molecule has 2 rings (SSSR count). The first-order chi connectivity index (χ1) is 9.65. The number of carbonyl (C=O) groups is 2. The van der Waals surface area contributed by atoms with Gasteiger partial charge in [-0.25, -0.2) is 9.59 Å². The van der Waals surface area contributed by atoms with E-state index in [2.05, 4.69) is 32.1 Å². The van der Waals surface area contributed by atoms with Gasteiger partial charge in [-0.15, -0.1) is 13.2 Å². The maximum atomic E-state index is 10.4. The number of rotatable bonds is 6. The molecular formula is C13H18O7. The van der Waals surface area contributed by atoms with E-state index in [0.29, 0.717) is 26.2 Å². The van der Waals surface area contributed by atoms with Crippen LogP contribution < -0.4 is 0 Å². The predicted octanol–water partition coefficient (Wildman–Crippen LogP) is 1.82. The maximum Gasteiger partial charge on any atom is 0.508 e. The molecule has 0 saturated carbocycles. The second-order valence-electron chi connectivity index (χ2n) is 3.95. The van der Waals surface area contributed by atoms with Crippen molar-refractivity contribution in [2.45, 2.75) is 18.6 Å². The number of hydrogen-bond donors (Lipinski definition) is 0. The largest absolute Gasteiger partial charge is 0.508 e. The molecule has 2 unspecified atom stereocenters. The van der Waals surface area contributed by atoms with Gasteiger partial charge in [0.1, 0.15) is 19.3 Å². The van der Waals surface area contributed by atoms with Crippen LogP contribution in [0.3, 0.4) is 0 Å². The molecule has 0 aromatic rings. The first-order valence-corrected chi connectivity index (χ1v) is 6.12. The van der Waals surface area contributed by atoms with Gasteiger partial charge in [0.15, 0.2) is 6.10 Å². The second kappa shape index (κ2) is 8.98. The highest BCUT2D eigenvalue weighted by Crippen LogP contribution is 2.09. The van der Waals surface area contributed by atoms with Crippen LogP contribution in [0.4, 0.5) is 9.59 Å². The summed E-state index contributed by atoms with van der Waals surface area (Å²) in [6, 6.07) is 0. The minimum Gasteiger partial charge on any atom is -0.430 e. The highest BCUT2D eigenvalue weighted by Gasteiger charge is 2.24. The third-order valence-corrected chi connectivity index (χ3v) is 2.27. The van der Waals surface area contributed by atoms with Crippen LogP contribution in [0.5, 0.6) is 0 Å². The van der Waals surface area contributed by atoms with E-state index in [1.165, 1.54) is 0 Å². The average molecular weight is 286 g/mol. The number of carbonyl (C=O) groups excluding carboxylic acids is 2. The molecule has 0 N–H and O–H groups in total. The van der Waals surface area contributed by atoms with Crippen LogP contribution in [0, 0.1) is 0 Å². The summed E-state index contributed by atoms with van der Waals surface area (Å²) in [4.78, 5) is 20.6. The van der Waals surface area contributed by atoms with Gasteiger partial charge in [-0.3, -0.25) is 0 Å². The van der Waals surface area contributed by atoms with Crippen molar-refractivity contribution in [3.8, 4) is 0 Å². The molecule has 2 fully saturated rings. The van der Waals surface area contributed by atoms with E-state index in [0.717, 1.165) is 0 Å². The maximum absolute atomic E-state index is 10.4. The lowest BCUT2D eigenvalue weighted by molar-refractivity contribution is 0.0577. The predicted molar refractivity (Wildman–Crippen MR) is 68.3 cm³/mol. The topological polar surface area (TPSA) is 80.3 Å². The van der Waals surface area contributed by atoms with Gasteiger partial charge < -0.3 is 23.7 Å². The van der Waals surface area contributed by atoms with Gasteiger partial charge in [-0.2, -0.15) is 0 Å². The van der Waals surface area contributed by atoms with Gasteiger partial charge in [0.25, 0.3) is 0 Å². The molecule has 2 atom stereocenters. The Kier molecular flexibility index (Phi) is 7.20. The molecule has 0 aliphatic carbocycles. The molecule has 20 heavy (non-hydrogen) atoms. The smallest absolute Gasteiger partial charge is 0.430 e. The lowest BCUT2D eigenvalue weighted by Gasteiger charge is -2.04. The lowest BCUT2D eigenvalue weighted by atomic mass is 10.3. The van der Waals surface area contributed by atoms with Crippen molar-refractivity contribution in [3.05, 3.63) is 25.3 Å². The van der Waals surface area contributed by atoms with Crippen molar-refractivity contribution in [1.29, 1.82) is 0 Å². The van der Waals surface area contributed by atoms with Gasteiger partial charge in [0.2, 0.25) is 0 Å². The summed E-state index contributed by atoms with van der Waals surface area (Å²) in [6.45, 7) is 8.47. The van der Waals surface area contributed by atoms with Gasteiger partial charge in [-0.05, 0) is 0 Å². The fourth-order valence-electron chi connectivity index (χ4n) is 1.40. The van der Waals surface area contributed by atoms with E-state index < -0.39 is 12.3 Å². The Balaban J connectivity index is 0.000000204. The summed E-state index contributed by atoms with van der Waals surface area (Å²) in [5.74, 6) is 0. The van der Waals surface area contributed by atoms with Gasteiger partial charge in [0, 0.05) is 6.42 Å². The summed E-state index contributed by atoms with van der Waals surface area (Å²) in [7, 11) is 0. The van der Waals surface area contributed by atoms with E-state index in [1.54, 1.807) is 12.2 Å². The average Bonchev–Trinajstić information content (AvgIpc) is 3.00. The minimum absolute atomic E-state index is 0.102. The Morgan fingerprint density at radius 3 is 2.10 bits per heavy atom. The fraction of sp³-hybridized carbons (Fsp3) is 0.538. The summed E-state index contributed by atoms with van der Waals surface area (Å²) in [6.07, 6.45) is 2.48. The van der Waals surface area contributed by atoms with Crippen molar-refractivity contribution >= 4 is 12.3 Å². The summed E-state index contributed by atoms with van der Waals surface area (Å²) in [5, 5.41) is 0. The third-order valence-electron chi connectivity index (χ3n) is 2.27. The monoisotopic (exact) mass is 286 g/mol. The van der Waals surface area contributed by atoms with Crippen LogP contribution in [0.25, 0.3) is 0 Å². The van der Waals surface area contributed by atoms with E-state index in [4.69, 9.17) is 4.74 Å². The molecule has 0 aromatic carbocycles. The van der Waals surface area contributed by atoms with Crippen molar-refractivity contribution in [1.82, 2.24) is 0 Å². The zero-order chi connectivity index (χ0) is 14.8. The summed E-state index contributed by atoms with van der Waals surface area (Å²) < 4.78 is 23.4. The molecule has 2 heterocycles. The second-order valence-corrected chi connectivity index (χ2v) is 3.95. The van der Waals surface area contributed by atoms with Gasteiger partial charge in [0.05, 0.1) is 13.2 Å². The summed E-state index contributed by atoms with van der Waals surface area (Å²) in [5.41, 5.74) is 0. The molecule has 7 nitrogen and oxygen atoms in total. The van der Waals surface area contributed by atoms with Crippen LogP contribution in [-0.2, 0) is 23.7 Å². The normalized spacial score (nSPS) is 23.6. The standard InChI is InChI=1S/C7H10O4.C6H8O3/c1-2-3-9-4-6-5-10-7(8)11-6;1-2-3-5-4-8-6(7)9-5/h2,6H,1,3-5H2;2,5H,1,3-4H2. The van der Waals surface area contributed by atoms with Crippen molar-refractivity contribution in [2.24, 2.45) is 0 Å². The molecule has 0 bridgehead atoms. The Bertz CT molecular complexity index is 353. The number of hydrogen-bond acceptors (Lipinski definition) is 7. The molecule has 0 radical (unpaired) electrons. The van der Waals surface area contributed by atoms with E-state index in [9.17, 15) is 9.59 Å². The highest BCUT2D eigenvalue weighted by molar-refractivity contribution is 5.62. The van der Waals surface area contributed by atoms with E-state index in [-0.39, 0.29) is 18.8 Å². The van der Waals surface area contributed by atoms with E-state index in [1.807, 2.05) is 0 Å². The van der Waals surface area contributed by atoms with Crippen LogP contribution in [0.1, 0.15) is 6.42 Å². The summed E-state index contributed by atoms with van der Waals surface area (Å²) >= 11 is 0. The van der Waals surface area contributed by atoms with Crippen LogP contribution in [0.2, 0.25) is 0 Å². The fourth-order valence-corrected chi connectivity index (χ4v) is 1.40. The van der Waals surface area contributed by atoms with Crippen LogP contribution in [-0.4, -0.2) is 50.9 Å². The van der Waals surface area contributed by atoms with E-state index >= 15 is 0 Å². The van der Waals surface area contributed by atoms with Crippen LogP contribution in [0.15, 0.2) is 25.3 Å². The zero-order valence-corrected chi connectivity index (χ0v) is 11.1. The van der Waals surface area contributed by atoms with Gasteiger partial charge in [-0.1, -0.05) is 12.2 Å². The van der Waals surface area contributed by atoms with Crippen molar-refractivity contribution in [3.63, 3.8) is 0 Å². The Morgan fingerprint density at radius 1 is 1.05 bits per heavy atom. The Labute approximate surface area is 117 Å². The minimum atomic E-state index is -0.614. The zero-order valence-electron chi connectivity index (χ0n) is 11.1.